The second kappa shape index (κ2) is 11.5. The summed E-state index contributed by atoms with van der Waals surface area (Å²) in [6, 6.07) is 18.7. The molecule has 0 bridgehead atoms. The Hall–Kier alpha value is -3.53. The fourth-order valence-electron chi connectivity index (χ4n) is 6.36. The molecule has 1 unspecified atom stereocenters. The minimum atomic E-state index is -1.27. The predicted molar refractivity (Wildman–Crippen MR) is 161 cm³/mol. The zero-order chi connectivity index (χ0) is 27.5. The van der Waals surface area contributed by atoms with E-state index in [0.717, 1.165) is 50.6 Å². The summed E-state index contributed by atoms with van der Waals surface area (Å²) in [5.74, 6) is -0.174. The molecule has 1 saturated heterocycles. The maximum absolute atomic E-state index is 14.1. The van der Waals surface area contributed by atoms with Gasteiger partial charge in [0.15, 0.2) is 5.66 Å². The van der Waals surface area contributed by atoms with E-state index in [-0.39, 0.29) is 24.3 Å². The SMILES string of the molecule is Nc1nccc2sc(CNC(=O)[C@]3(NC(=O)CNC4CCCCC4)NCCC3c3cccc4ccccc34)cc12. The van der Waals surface area contributed by atoms with E-state index in [1.807, 2.05) is 30.3 Å². The van der Waals surface area contributed by atoms with Crippen LogP contribution in [0.4, 0.5) is 5.82 Å². The van der Waals surface area contributed by atoms with Gasteiger partial charge in [-0.2, -0.15) is 0 Å². The van der Waals surface area contributed by atoms with Crippen molar-refractivity contribution in [2.75, 3.05) is 18.8 Å². The fraction of sp³-hybridized carbons (Fsp3) is 0.387. The molecule has 1 aliphatic heterocycles. The van der Waals surface area contributed by atoms with Gasteiger partial charge < -0.3 is 21.7 Å². The molecular weight excluding hydrogens is 520 g/mol. The van der Waals surface area contributed by atoms with E-state index in [4.69, 9.17) is 5.73 Å². The third-order valence-electron chi connectivity index (χ3n) is 8.36. The number of benzene rings is 2. The predicted octanol–water partition coefficient (Wildman–Crippen LogP) is 4.16. The molecule has 2 aromatic heterocycles. The lowest BCUT2D eigenvalue weighted by atomic mass is 9.83. The Kier molecular flexibility index (Phi) is 7.69. The van der Waals surface area contributed by atoms with Gasteiger partial charge in [0.25, 0.3) is 5.91 Å². The van der Waals surface area contributed by atoms with Crippen molar-refractivity contribution in [3.63, 3.8) is 0 Å². The van der Waals surface area contributed by atoms with Gasteiger partial charge in [0, 0.05) is 33.1 Å². The van der Waals surface area contributed by atoms with Gasteiger partial charge in [-0.3, -0.25) is 14.9 Å². The highest BCUT2D eigenvalue weighted by Gasteiger charge is 2.51. The van der Waals surface area contributed by atoms with E-state index in [0.29, 0.717) is 24.9 Å². The van der Waals surface area contributed by atoms with Crippen LogP contribution >= 0.6 is 11.3 Å². The summed E-state index contributed by atoms with van der Waals surface area (Å²) >= 11 is 1.58. The van der Waals surface area contributed by atoms with Crippen molar-refractivity contribution >= 4 is 49.8 Å². The summed E-state index contributed by atoms with van der Waals surface area (Å²) < 4.78 is 1.03. The molecular formula is C31H36N6O2S. The zero-order valence-electron chi connectivity index (χ0n) is 22.5. The van der Waals surface area contributed by atoms with Crippen LogP contribution in [0.25, 0.3) is 20.9 Å². The molecule has 0 radical (unpaired) electrons. The molecule has 2 fully saturated rings. The molecule has 1 aliphatic carbocycles. The molecule has 9 heteroatoms. The van der Waals surface area contributed by atoms with Gasteiger partial charge in [-0.05, 0) is 54.3 Å². The summed E-state index contributed by atoms with van der Waals surface area (Å²) in [4.78, 5) is 32.7. The van der Waals surface area contributed by atoms with Crippen LogP contribution in [-0.4, -0.2) is 41.6 Å². The lowest BCUT2D eigenvalue weighted by molar-refractivity contribution is -0.135. The van der Waals surface area contributed by atoms with Gasteiger partial charge in [0.05, 0.1) is 13.1 Å². The highest BCUT2D eigenvalue weighted by atomic mass is 32.1. The lowest BCUT2D eigenvalue weighted by Gasteiger charge is -2.36. The number of fused-ring (bicyclic) bond motifs is 2. The van der Waals surface area contributed by atoms with Gasteiger partial charge >= 0.3 is 0 Å². The first-order valence-electron chi connectivity index (χ1n) is 14.2. The van der Waals surface area contributed by atoms with Crippen molar-refractivity contribution in [2.24, 2.45) is 0 Å². The fourth-order valence-corrected chi connectivity index (χ4v) is 7.37. The molecule has 2 atom stereocenters. The molecule has 4 aromatic rings. The summed E-state index contributed by atoms with van der Waals surface area (Å²) in [6.45, 7) is 1.13. The van der Waals surface area contributed by atoms with E-state index >= 15 is 0 Å². The molecule has 8 nitrogen and oxygen atoms in total. The monoisotopic (exact) mass is 556 g/mol. The molecule has 2 aromatic carbocycles. The van der Waals surface area contributed by atoms with E-state index in [2.05, 4.69) is 50.5 Å². The van der Waals surface area contributed by atoms with Crippen LogP contribution in [0.3, 0.4) is 0 Å². The maximum atomic E-state index is 14.1. The number of aromatic nitrogens is 1. The number of rotatable bonds is 8. The first-order valence-corrected chi connectivity index (χ1v) is 15.0. The Morgan fingerprint density at radius 3 is 2.70 bits per heavy atom. The average Bonchev–Trinajstić information content (AvgIpc) is 3.60. The van der Waals surface area contributed by atoms with E-state index < -0.39 is 5.66 Å². The highest BCUT2D eigenvalue weighted by molar-refractivity contribution is 7.19. The summed E-state index contributed by atoms with van der Waals surface area (Å²) in [5, 5.41) is 16.3. The maximum Gasteiger partial charge on any atom is 0.261 e. The zero-order valence-corrected chi connectivity index (χ0v) is 23.4. The van der Waals surface area contributed by atoms with Crippen molar-refractivity contribution in [1.29, 1.82) is 0 Å². The van der Waals surface area contributed by atoms with Gasteiger partial charge in [-0.1, -0.05) is 61.7 Å². The Labute approximate surface area is 238 Å². The lowest BCUT2D eigenvalue weighted by Crippen LogP contribution is -2.67. The second-order valence-corrected chi connectivity index (χ2v) is 12.1. The van der Waals surface area contributed by atoms with Crippen molar-refractivity contribution in [3.8, 4) is 0 Å². The number of carbonyl (C=O) groups excluding carboxylic acids is 2. The number of amides is 2. The number of hydrogen-bond acceptors (Lipinski definition) is 7. The van der Waals surface area contributed by atoms with E-state index in [9.17, 15) is 9.59 Å². The van der Waals surface area contributed by atoms with Crippen LogP contribution in [0.1, 0.15) is 54.9 Å². The van der Waals surface area contributed by atoms with Gasteiger partial charge in [-0.15, -0.1) is 11.3 Å². The summed E-state index contributed by atoms with van der Waals surface area (Å²) in [6.07, 6.45) is 8.23. The molecule has 208 valence electrons. The normalized spacial score (nSPS) is 21.6. The number of hydrogen-bond donors (Lipinski definition) is 5. The molecule has 1 saturated carbocycles. The summed E-state index contributed by atoms with van der Waals surface area (Å²) in [7, 11) is 0. The minimum Gasteiger partial charge on any atom is -0.383 e. The topological polar surface area (TPSA) is 121 Å². The molecule has 0 spiro atoms. The number of nitrogens with zero attached hydrogens (tertiary/aromatic N) is 1. The van der Waals surface area contributed by atoms with Crippen LogP contribution < -0.4 is 27.0 Å². The standard InChI is InChI=1S/C31H36N6O2S/c32-29-25-17-22(40-27(25)14-15-33-29)18-35-30(39)31(37-28(38)19-34-21-9-2-1-3-10-21)26(13-16-36-31)24-12-6-8-20-7-4-5-11-23(20)24/h4-8,11-12,14-15,17,21,26,34,36H,1-3,9-10,13,16,18-19H2,(H2,32,33)(H,35,39)(H,37,38)/t26?,31-/m0/s1. The number of thiophene rings is 1. The van der Waals surface area contributed by atoms with Crippen molar-refractivity contribution in [2.45, 2.75) is 62.7 Å². The smallest absolute Gasteiger partial charge is 0.261 e. The Bertz CT molecular complexity index is 1530. The quantitative estimate of drug-likeness (QED) is 0.222. The molecule has 3 heterocycles. The van der Waals surface area contributed by atoms with Crippen molar-refractivity contribution in [1.82, 2.24) is 26.3 Å². The number of pyridine rings is 1. The minimum absolute atomic E-state index is 0.180. The van der Waals surface area contributed by atoms with Gasteiger partial charge in [0.2, 0.25) is 5.91 Å². The van der Waals surface area contributed by atoms with Crippen LogP contribution in [-0.2, 0) is 16.1 Å². The number of carbonyl (C=O) groups is 2. The third-order valence-corrected chi connectivity index (χ3v) is 9.46. The van der Waals surface area contributed by atoms with Crippen LogP contribution in [0.2, 0.25) is 0 Å². The van der Waals surface area contributed by atoms with Crippen molar-refractivity contribution < 1.29 is 9.59 Å². The molecule has 40 heavy (non-hydrogen) atoms. The average molecular weight is 557 g/mol. The molecule has 2 amide bonds. The number of nitrogens with one attached hydrogen (secondary N) is 4. The first-order chi connectivity index (χ1) is 19.5. The molecule has 6 rings (SSSR count). The van der Waals surface area contributed by atoms with E-state index in [1.165, 1.54) is 19.3 Å². The molecule has 2 aliphatic rings. The Morgan fingerprint density at radius 1 is 1.02 bits per heavy atom. The highest BCUT2D eigenvalue weighted by Crippen LogP contribution is 2.38. The van der Waals surface area contributed by atoms with Gasteiger partial charge in [0.1, 0.15) is 5.82 Å². The van der Waals surface area contributed by atoms with Crippen LogP contribution in [0.15, 0.2) is 60.8 Å². The van der Waals surface area contributed by atoms with E-state index in [1.54, 1.807) is 17.5 Å². The van der Waals surface area contributed by atoms with Crippen molar-refractivity contribution in [3.05, 3.63) is 71.2 Å². The number of nitrogens with two attached hydrogens (primary N) is 1. The van der Waals surface area contributed by atoms with Crippen LogP contribution in [0.5, 0.6) is 0 Å². The number of anilines is 1. The summed E-state index contributed by atoms with van der Waals surface area (Å²) in [5.41, 5.74) is 5.84. The second-order valence-electron chi connectivity index (χ2n) is 10.9. The largest absolute Gasteiger partial charge is 0.383 e. The van der Waals surface area contributed by atoms with Gasteiger partial charge in [-0.25, -0.2) is 4.98 Å². The Balaban J connectivity index is 1.27. The molecule has 6 N–H and O–H groups in total. The first kappa shape index (κ1) is 26.7. The Morgan fingerprint density at radius 2 is 1.85 bits per heavy atom. The third kappa shape index (κ3) is 5.29. The van der Waals surface area contributed by atoms with Crippen LogP contribution in [0, 0.1) is 0 Å². The number of nitrogen functional groups attached to an aromatic ring is 1.